The standard InChI is InChI=1S/C26H26FN3O5S/c1-3-16-35-24-15-10-20(17-25(24)34-4-2)18-28-29-26(31)19-30(22-13-11-21(27)12-14-22)36(32,33)23-8-6-5-7-9-23/h3,5-15,17-18H,1,4,16,19H2,2H3,(H,29,31)/b28-18-. The maximum Gasteiger partial charge on any atom is 0.264 e. The Morgan fingerprint density at radius 2 is 1.78 bits per heavy atom. The Labute approximate surface area is 209 Å². The van der Waals surface area contributed by atoms with Crippen LogP contribution in [0.4, 0.5) is 10.1 Å². The molecule has 0 atom stereocenters. The number of amides is 1. The molecule has 0 aliphatic carbocycles. The summed E-state index contributed by atoms with van der Waals surface area (Å²) in [4.78, 5) is 12.6. The molecule has 0 bridgehead atoms. The molecule has 0 aromatic heterocycles. The second-order valence-electron chi connectivity index (χ2n) is 7.33. The van der Waals surface area contributed by atoms with Crippen LogP contribution in [0.15, 0.2) is 95.4 Å². The van der Waals surface area contributed by atoms with Crippen LogP contribution in [0.25, 0.3) is 0 Å². The molecule has 1 amide bonds. The van der Waals surface area contributed by atoms with E-state index in [1.165, 1.54) is 30.5 Å². The van der Waals surface area contributed by atoms with Crippen molar-refractivity contribution in [3.05, 3.63) is 96.8 Å². The van der Waals surface area contributed by atoms with Crippen LogP contribution in [-0.4, -0.2) is 40.3 Å². The van der Waals surface area contributed by atoms with Crippen LogP contribution in [0.3, 0.4) is 0 Å². The topological polar surface area (TPSA) is 97.3 Å². The van der Waals surface area contributed by atoms with E-state index in [0.29, 0.717) is 30.3 Å². The van der Waals surface area contributed by atoms with Crippen LogP contribution in [0.2, 0.25) is 0 Å². The fraction of sp³-hybridized carbons (Fsp3) is 0.154. The summed E-state index contributed by atoms with van der Waals surface area (Å²) in [6.07, 6.45) is 3.01. The predicted octanol–water partition coefficient (Wildman–Crippen LogP) is 4.13. The quantitative estimate of drug-likeness (QED) is 0.224. The molecule has 0 radical (unpaired) electrons. The predicted molar refractivity (Wildman–Crippen MR) is 136 cm³/mol. The molecule has 0 aliphatic rings. The Hall–Kier alpha value is -4.18. The van der Waals surface area contributed by atoms with Crippen LogP contribution in [-0.2, 0) is 14.8 Å². The summed E-state index contributed by atoms with van der Waals surface area (Å²) in [7, 11) is -4.10. The van der Waals surface area contributed by atoms with Crippen molar-refractivity contribution < 1.29 is 27.1 Å². The molecule has 3 rings (SSSR count). The number of rotatable bonds is 12. The minimum absolute atomic E-state index is 0.00663. The monoisotopic (exact) mass is 511 g/mol. The molecule has 0 saturated carbocycles. The first kappa shape index (κ1) is 26.4. The minimum Gasteiger partial charge on any atom is -0.490 e. The fourth-order valence-electron chi connectivity index (χ4n) is 3.13. The Morgan fingerprint density at radius 3 is 2.44 bits per heavy atom. The number of hydrogen-bond acceptors (Lipinski definition) is 6. The first-order valence-electron chi connectivity index (χ1n) is 11.0. The van der Waals surface area contributed by atoms with Gasteiger partial charge in [-0.25, -0.2) is 18.2 Å². The molecule has 8 nitrogen and oxygen atoms in total. The molecule has 0 fully saturated rings. The Balaban J connectivity index is 1.77. The molecule has 0 heterocycles. The van der Waals surface area contributed by atoms with Crippen molar-refractivity contribution >= 4 is 27.8 Å². The smallest absolute Gasteiger partial charge is 0.264 e. The van der Waals surface area contributed by atoms with Gasteiger partial charge in [-0.15, -0.1) is 0 Å². The van der Waals surface area contributed by atoms with Crippen LogP contribution >= 0.6 is 0 Å². The number of anilines is 1. The van der Waals surface area contributed by atoms with Crippen molar-refractivity contribution in [1.82, 2.24) is 5.43 Å². The molecular weight excluding hydrogens is 485 g/mol. The van der Waals surface area contributed by atoms with Crippen molar-refractivity contribution in [3.8, 4) is 11.5 Å². The van der Waals surface area contributed by atoms with Crippen LogP contribution in [0, 0.1) is 5.82 Å². The van der Waals surface area contributed by atoms with Gasteiger partial charge in [0.15, 0.2) is 11.5 Å². The molecule has 188 valence electrons. The summed E-state index contributed by atoms with van der Waals surface area (Å²) in [5.74, 6) is -0.173. The number of halogens is 1. The van der Waals surface area contributed by atoms with Gasteiger partial charge >= 0.3 is 0 Å². The summed E-state index contributed by atoms with van der Waals surface area (Å²) in [5.41, 5.74) is 3.09. The maximum absolute atomic E-state index is 13.4. The normalized spacial score (nSPS) is 11.2. The highest BCUT2D eigenvalue weighted by atomic mass is 32.2. The second-order valence-corrected chi connectivity index (χ2v) is 9.20. The van der Waals surface area contributed by atoms with E-state index in [1.54, 1.807) is 42.5 Å². The van der Waals surface area contributed by atoms with E-state index in [0.717, 1.165) is 16.4 Å². The Kier molecular flexibility index (Phi) is 9.18. The lowest BCUT2D eigenvalue weighted by Crippen LogP contribution is -2.39. The van der Waals surface area contributed by atoms with E-state index in [4.69, 9.17) is 9.47 Å². The molecule has 0 spiro atoms. The fourth-order valence-corrected chi connectivity index (χ4v) is 4.57. The van der Waals surface area contributed by atoms with Gasteiger partial charge in [-0.1, -0.05) is 30.9 Å². The Morgan fingerprint density at radius 1 is 1.06 bits per heavy atom. The van der Waals surface area contributed by atoms with Gasteiger partial charge in [-0.3, -0.25) is 9.10 Å². The number of hydrazone groups is 1. The SMILES string of the molecule is C=CCOc1ccc(/C=N\NC(=O)CN(c2ccc(F)cc2)S(=O)(=O)c2ccccc2)cc1OCC. The first-order chi connectivity index (χ1) is 17.3. The third kappa shape index (κ3) is 6.92. The number of sulfonamides is 1. The zero-order valence-corrected chi connectivity index (χ0v) is 20.4. The first-order valence-corrected chi connectivity index (χ1v) is 12.4. The number of nitrogens with one attached hydrogen (secondary N) is 1. The maximum atomic E-state index is 13.4. The highest BCUT2D eigenvalue weighted by Crippen LogP contribution is 2.28. The van der Waals surface area contributed by atoms with Gasteiger partial charge in [0.2, 0.25) is 0 Å². The molecule has 0 unspecified atom stereocenters. The van der Waals surface area contributed by atoms with Crippen molar-refractivity contribution in [3.63, 3.8) is 0 Å². The van der Waals surface area contributed by atoms with Gasteiger partial charge in [-0.05, 0) is 67.1 Å². The largest absolute Gasteiger partial charge is 0.490 e. The summed E-state index contributed by atoms with van der Waals surface area (Å²) in [6, 6.07) is 17.6. The molecule has 1 N–H and O–H groups in total. The van der Waals surface area contributed by atoms with Crippen molar-refractivity contribution in [2.75, 3.05) is 24.1 Å². The van der Waals surface area contributed by atoms with E-state index >= 15 is 0 Å². The number of carbonyl (C=O) groups is 1. The zero-order chi connectivity index (χ0) is 26.0. The van der Waals surface area contributed by atoms with Crippen LogP contribution in [0.1, 0.15) is 12.5 Å². The van der Waals surface area contributed by atoms with Crippen molar-refractivity contribution in [1.29, 1.82) is 0 Å². The summed E-state index contributed by atoms with van der Waals surface area (Å²) in [5, 5.41) is 3.93. The molecule has 0 aliphatic heterocycles. The van der Waals surface area contributed by atoms with Gasteiger partial charge < -0.3 is 9.47 Å². The number of ether oxygens (including phenoxy) is 2. The molecule has 36 heavy (non-hydrogen) atoms. The van der Waals surface area contributed by atoms with Crippen LogP contribution < -0.4 is 19.2 Å². The lowest BCUT2D eigenvalue weighted by molar-refractivity contribution is -0.119. The average Bonchev–Trinajstić information content (AvgIpc) is 2.88. The van der Waals surface area contributed by atoms with E-state index in [1.807, 2.05) is 6.92 Å². The van der Waals surface area contributed by atoms with E-state index < -0.39 is 28.3 Å². The summed E-state index contributed by atoms with van der Waals surface area (Å²) in [6.45, 7) is 5.63. The van der Waals surface area contributed by atoms with Crippen molar-refractivity contribution in [2.24, 2.45) is 5.10 Å². The average molecular weight is 512 g/mol. The number of nitrogens with zero attached hydrogens (tertiary/aromatic N) is 2. The van der Waals surface area contributed by atoms with E-state index in [2.05, 4.69) is 17.1 Å². The second kappa shape index (κ2) is 12.5. The molecule has 3 aromatic carbocycles. The lowest BCUT2D eigenvalue weighted by Gasteiger charge is -2.23. The Bertz CT molecular complexity index is 1310. The molecule has 10 heteroatoms. The van der Waals surface area contributed by atoms with Gasteiger partial charge in [0.1, 0.15) is 19.0 Å². The summed E-state index contributed by atoms with van der Waals surface area (Å²) >= 11 is 0. The number of carbonyl (C=O) groups excluding carboxylic acids is 1. The minimum atomic E-state index is -4.10. The van der Waals surface area contributed by atoms with E-state index in [-0.39, 0.29) is 10.6 Å². The number of benzene rings is 3. The van der Waals surface area contributed by atoms with Gasteiger partial charge in [-0.2, -0.15) is 5.10 Å². The third-order valence-corrected chi connectivity index (χ3v) is 6.55. The summed E-state index contributed by atoms with van der Waals surface area (Å²) < 4.78 is 51.9. The molecular formula is C26H26FN3O5S. The van der Waals surface area contributed by atoms with Crippen LogP contribution in [0.5, 0.6) is 11.5 Å². The highest BCUT2D eigenvalue weighted by molar-refractivity contribution is 7.92. The zero-order valence-electron chi connectivity index (χ0n) is 19.6. The van der Waals surface area contributed by atoms with E-state index in [9.17, 15) is 17.6 Å². The van der Waals surface area contributed by atoms with Gasteiger partial charge in [0, 0.05) is 0 Å². The number of hydrogen-bond donors (Lipinski definition) is 1. The van der Waals surface area contributed by atoms with Crippen molar-refractivity contribution in [2.45, 2.75) is 11.8 Å². The van der Waals surface area contributed by atoms with Gasteiger partial charge in [0.25, 0.3) is 15.9 Å². The van der Waals surface area contributed by atoms with Gasteiger partial charge in [0.05, 0.1) is 23.4 Å². The molecule has 0 saturated heterocycles. The molecule has 3 aromatic rings. The lowest BCUT2D eigenvalue weighted by atomic mass is 10.2. The third-order valence-electron chi connectivity index (χ3n) is 4.76. The highest BCUT2D eigenvalue weighted by Gasteiger charge is 2.27.